The number of amides is 1. The summed E-state index contributed by atoms with van der Waals surface area (Å²) in [7, 11) is 1.44. The Morgan fingerprint density at radius 1 is 1.12 bits per heavy atom. The number of aryl methyl sites for hydroxylation is 2. The van der Waals surface area contributed by atoms with Crippen LogP contribution in [-0.4, -0.2) is 25.6 Å². The van der Waals surface area contributed by atoms with Gasteiger partial charge in [0, 0.05) is 5.69 Å². The van der Waals surface area contributed by atoms with Crippen molar-refractivity contribution in [1.29, 1.82) is 0 Å². The third-order valence-corrected chi connectivity index (χ3v) is 3.36. The molecule has 0 aromatic heterocycles. The van der Waals surface area contributed by atoms with Gasteiger partial charge in [0.15, 0.2) is 6.61 Å². The van der Waals surface area contributed by atoms with E-state index < -0.39 is 24.3 Å². The number of rotatable bonds is 5. The number of nitrogens with one attached hydrogen (secondary N) is 1. The van der Waals surface area contributed by atoms with Crippen molar-refractivity contribution in [2.24, 2.45) is 0 Å². The second kappa shape index (κ2) is 7.59. The summed E-state index contributed by atoms with van der Waals surface area (Å²) in [6.45, 7) is 2.97. The molecule has 0 spiro atoms. The third-order valence-electron chi connectivity index (χ3n) is 3.36. The summed E-state index contributed by atoms with van der Waals surface area (Å²) in [6.07, 6.45) is 0. The fraction of sp³-hybridized carbons (Fsp3) is 0.222. The Morgan fingerprint density at radius 2 is 1.88 bits per heavy atom. The van der Waals surface area contributed by atoms with Crippen LogP contribution in [0.1, 0.15) is 21.5 Å². The number of anilines is 1. The molecule has 1 N–H and O–H groups in total. The number of carbonyl (C=O) groups excluding carboxylic acids is 2. The molecule has 2 aromatic rings. The lowest BCUT2D eigenvalue weighted by molar-refractivity contribution is -0.119. The maximum Gasteiger partial charge on any atom is 0.342 e. The van der Waals surface area contributed by atoms with Gasteiger partial charge in [-0.3, -0.25) is 4.79 Å². The van der Waals surface area contributed by atoms with Gasteiger partial charge in [-0.05, 0) is 43.7 Å². The van der Waals surface area contributed by atoms with Gasteiger partial charge in [0.2, 0.25) is 0 Å². The second-order valence-electron chi connectivity index (χ2n) is 5.29. The lowest BCUT2D eigenvalue weighted by Gasteiger charge is -2.10. The van der Waals surface area contributed by atoms with E-state index in [1.165, 1.54) is 13.2 Å². The van der Waals surface area contributed by atoms with Crippen LogP contribution in [0.3, 0.4) is 0 Å². The highest BCUT2D eigenvalue weighted by atomic mass is 19.1. The normalized spacial score (nSPS) is 10.2. The Bertz CT molecular complexity index is 774. The van der Waals surface area contributed by atoms with E-state index in [9.17, 15) is 14.0 Å². The first-order valence-corrected chi connectivity index (χ1v) is 7.28. The molecule has 6 heteroatoms. The second-order valence-corrected chi connectivity index (χ2v) is 5.29. The smallest absolute Gasteiger partial charge is 0.342 e. The first kappa shape index (κ1) is 17.5. The molecule has 0 unspecified atom stereocenters. The van der Waals surface area contributed by atoms with Crippen molar-refractivity contribution in [1.82, 2.24) is 0 Å². The van der Waals surface area contributed by atoms with E-state index in [1.54, 1.807) is 37.3 Å². The van der Waals surface area contributed by atoms with E-state index in [4.69, 9.17) is 9.47 Å². The van der Waals surface area contributed by atoms with Crippen LogP contribution in [0.4, 0.5) is 10.1 Å². The fourth-order valence-corrected chi connectivity index (χ4v) is 2.06. The van der Waals surface area contributed by atoms with Crippen molar-refractivity contribution in [2.75, 3.05) is 19.0 Å². The summed E-state index contributed by atoms with van der Waals surface area (Å²) in [5, 5.41) is 2.47. The molecule has 2 aromatic carbocycles. The van der Waals surface area contributed by atoms with Crippen LogP contribution >= 0.6 is 0 Å². The number of esters is 1. The van der Waals surface area contributed by atoms with Gasteiger partial charge >= 0.3 is 5.97 Å². The molecule has 0 heterocycles. The number of hydrogen-bond donors (Lipinski definition) is 1. The molecule has 5 nitrogen and oxygen atoms in total. The van der Waals surface area contributed by atoms with Gasteiger partial charge in [-0.25, -0.2) is 9.18 Å². The largest absolute Gasteiger partial charge is 0.496 e. The summed E-state index contributed by atoms with van der Waals surface area (Å²) < 4.78 is 23.5. The highest BCUT2D eigenvalue weighted by Crippen LogP contribution is 2.20. The molecule has 0 aliphatic rings. The summed E-state index contributed by atoms with van der Waals surface area (Å²) in [6, 6.07) is 9.40. The molecular weight excluding hydrogens is 313 g/mol. The SMILES string of the molecule is COc1ccc(C)cc1C(=O)OCC(=O)Nc1ccc(C)c(F)c1. The van der Waals surface area contributed by atoms with Crippen LogP contribution in [-0.2, 0) is 9.53 Å². The Labute approximate surface area is 139 Å². The van der Waals surface area contributed by atoms with Crippen LogP contribution in [0.2, 0.25) is 0 Å². The fourth-order valence-electron chi connectivity index (χ4n) is 2.06. The van der Waals surface area contributed by atoms with Crippen molar-refractivity contribution in [3.05, 3.63) is 58.9 Å². The topological polar surface area (TPSA) is 64.6 Å². The van der Waals surface area contributed by atoms with Crippen molar-refractivity contribution in [2.45, 2.75) is 13.8 Å². The van der Waals surface area contributed by atoms with Crippen molar-refractivity contribution < 1.29 is 23.5 Å². The lowest BCUT2D eigenvalue weighted by atomic mass is 10.1. The van der Waals surface area contributed by atoms with E-state index in [0.717, 1.165) is 5.56 Å². The number of halogens is 1. The monoisotopic (exact) mass is 331 g/mol. The molecular formula is C18H18FNO4. The van der Waals surface area contributed by atoms with Crippen molar-refractivity contribution in [3.63, 3.8) is 0 Å². The van der Waals surface area contributed by atoms with Crippen LogP contribution in [0.5, 0.6) is 5.75 Å². The Balaban J connectivity index is 1.97. The molecule has 2 rings (SSSR count). The minimum atomic E-state index is -0.666. The molecule has 0 atom stereocenters. The average molecular weight is 331 g/mol. The van der Waals surface area contributed by atoms with Gasteiger partial charge in [-0.15, -0.1) is 0 Å². The highest BCUT2D eigenvalue weighted by Gasteiger charge is 2.15. The lowest BCUT2D eigenvalue weighted by Crippen LogP contribution is -2.21. The number of benzene rings is 2. The first-order valence-electron chi connectivity index (χ1n) is 7.28. The number of ether oxygens (including phenoxy) is 2. The van der Waals surface area contributed by atoms with Gasteiger partial charge in [0.1, 0.15) is 17.1 Å². The Morgan fingerprint density at radius 3 is 2.54 bits per heavy atom. The molecule has 0 saturated heterocycles. The van der Waals surface area contributed by atoms with Gasteiger partial charge in [0.05, 0.1) is 7.11 Å². The number of methoxy groups -OCH3 is 1. The van der Waals surface area contributed by atoms with Crippen LogP contribution in [0.25, 0.3) is 0 Å². The molecule has 0 saturated carbocycles. The Kier molecular flexibility index (Phi) is 5.52. The summed E-state index contributed by atoms with van der Waals surface area (Å²) in [4.78, 5) is 23.9. The minimum Gasteiger partial charge on any atom is -0.496 e. The molecule has 1 amide bonds. The van der Waals surface area contributed by atoms with E-state index >= 15 is 0 Å². The molecule has 0 bridgehead atoms. The zero-order valence-corrected chi connectivity index (χ0v) is 13.7. The maximum absolute atomic E-state index is 13.4. The molecule has 0 aliphatic carbocycles. The molecule has 0 aliphatic heterocycles. The minimum absolute atomic E-state index is 0.242. The van der Waals surface area contributed by atoms with E-state index in [1.807, 2.05) is 6.92 Å². The van der Waals surface area contributed by atoms with Crippen molar-refractivity contribution in [3.8, 4) is 5.75 Å². The zero-order chi connectivity index (χ0) is 17.7. The predicted octanol–water partition coefficient (Wildman–Crippen LogP) is 3.25. The zero-order valence-electron chi connectivity index (χ0n) is 13.7. The van der Waals surface area contributed by atoms with E-state index in [2.05, 4.69) is 5.32 Å². The maximum atomic E-state index is 13.4. The summed E-state index contributed by atoms with van der Waals surface area (Å²) in [5.41, 5.74) is 1.88. The summed E-state index contributed by atoms with van der Waals surface area (Å²) in [5.74, 6) is -1.28. The van der Waals surface area contributed by atoms with Gasteiger partial charge in [-0.2, -0.15) is 0 Å². The molecule has 24 heavy (non-hydrogen) atoms. The molecule has 0 fully saturated rings. The van der Waals surface area contributed by atoms with Gasteiger partial charge in [-0.1, -0.05) is 17.7 Å². The highest BCUT2D eigenvalue weighted by molar-refractivity contribution is 5.96. The molecule has 126 valence electrons. The van der Waals surface area contributed by atoms with Gasteiger partial charge < -0.3 is 14.8 Å². The first-order chi connectivity index (χ1) is 11.4. The third kappa shape index (κ3) is 4.32. The predicted molar refractivity (Wildman–Crippen MR) is 87.8 cm³/mol. The van der Waals surface area contributed by atoms with Crippen LogP contribution in [0.15, 0.2) is 36.4 Å². The van der Waals surface area contributed by atoms with E-state index in [-0.39, 0.29) is 5.56 Å². The standard InChI is InChI=1S/C18H18FNO4/c1-11-4-7-16(23-3)14(8-11)18(22)24-10-17(21)20-13-6-5-12(2)15(19)9-13/h4-9H,10H2,1-3H3,(H,20,21). The molecule has 0 radical (unpaired) electrons. The van der Waals surface area contributed by atoms with Gasteiger partial charge in [0.25, 0.3) is 5.91 Å². The number of carbonyl (C=O) groups is 2. The summed E-state index contributed by atoms with van der Waals surface area (Å²) >= 11 is 0. The van der Waals surface area contributed by atoms with E-state index in [0.29, 0.717) is 17.0 Å². The Hall–Kier alpha value is -2.89. The average Bonchev–Trinajstić information content (AvgIpc) is 2.56. The quantitative estimate of drug-likeness (QED) is 0.854. The van der Waals surface area contributed by atoms with Crippen LogP contribution in [0, 0.1) is 19.7 Å². The van der Waals surface area contributed by atoms with Crippen molar-refractivity contribution >= 4 is 17.6 Å². The number of hydrogen-bond acceptors (Lipinski definition) is 4. The van der Waals surface area contributed by atoms with Crippen LogP contribution < -0.4 is 10.1 Å².